The van der Waals surface area contributed by atoms with Crippen molar-refractivity contribution in [1.29, 1.82) is 0 Å². The minimum atomic E-state index is -1.46. The summed E-state index contributed by atoms with van der Waals surface area (Å²) >= 11 is 0. The molecular formula is C21H23FN3NaO4S. The molecule has 1 aliphatic rings. The molecule has 1 aromatic carbocycles. The number of aromatic nitrogens is 3. The van der Waals surface area contributed by atoms with Crippen molar-refractivity contribution in [3.05, 3.63) is 47.3 Å². The summed E-state index contributed by atoms with van der Waals surface area (Å²) in [6.07, 6.45) is 2.38. The van der Waals surface area contributed by atoms with Crippen LogP contribution in [0.25, 0.3) is 11.0 Å². The minimum Gasteiger partial charge on any atom is -0.487 e. The molecule has 10 heteroatoms. The van der Waals surface area contributed by atoms with E-state index in [1.165, 1.54) is 0 Å². The Hall–Kier alpha value is -1.36. The number of ether oxygens (including phenoxy) is 3. The maximum atomic E-state index is 13.6. The van der Waals surface area contributed by atoms with Crippen LogP contribution in [0.5, 0.6) is 5.75 Å². The number of fused-ring (bicyclic) bond motifs is 1. The zero-order chi connectivity index (χ0) is 21.1. The minimum absolute atomic E-state index is 0. The second-order valence-corrected chi connectivity index (χ2v) is 8.56. The molecule has 1 unspecified atom stereocenters. The van der Waals surface area contributed by atoms with Gasteiger partial charge in [0, 0.05) is 22.5 Å². The van der Waals surface area contributed by atoms with E-state index >= 15 is 0 Å². The van der Waals surface area contributed by atoms with Crippen LogP contribution < -0.4 is 39.3 Å². The van der Waals surface area contributed by atoms with Crippen LogP contribution in [0.1, 0.15) is 23.2 Å². The Morgan fingerprint density at radius 3 is 2.71 bits per heavy atom. The molecule has 2 aromatic heterocycles. The Morgan fingerprint density at radius 1 is 1.26 bits per heavy atom. The molecule has 0 bridgehead atoms. The zero-order valence-corrected chi connectivity index (χ0v) is 20.7. The molecule has 1 atom stereocenters. The maximum absolute atomic E-state index is 13.6. The van der Waals surface area contributed by atoms with Gasteiger partial charge in [-0.3, -0.25) is 9.19 Å². The number of hydrogen-bond acceptors (Lipinski definition) is 6. The van der Waals surface area contributed by atoms with E-state index in [4.69, 9.17) is 14.2 Å². The monoisotopic (exact) mass is 455 g/mol. The van der Waals surface area contributed by atoms with Crippen molar-refractivity contribution in [3.63, 3.8) is 0 Å². The van der Waals surface area contributed by atoms with Crippen LogP contribution in [0.3, 0.4) is 0 Å². The average molecular weight is 455 g/mol. The maximum Gasteiger partial charge on any atom is 1.00 e. The van der Waals surface area contributed by atoms with E-state index < -0.39 is 23.3 Å². The summed E-state index contributed by atoms with van der Waals surface area (Å²) in [6.45, 7) is 3.69. The SMILES string of the molecule is Cc1cnc(CS(=O)c2nc3ccccc3[n-]2)c(C)c1OCC1(CF)OCCCO1.[Na+]. The van der Waals surface area contributed by atoms with Gasteiger partial charge >= 0.3 is 29.6 Å². The molecule has 4 rings (SSSR count). The van der Waals surface area contributed by atoms with Crippen molar-refractivity contribution in [2.24, 2.45) is 0 Å². The van der Waals surface area contributed by atoms with Crippen molar-refractivity contribution in [1.82, 2.24) is 15.0 Å². The molecule has 0 aliphatic carbocycles. The summed E-state index contributed by atoms with van der Waals surface area (Å²) in [5.41, 5.74) is 3.57. The summed E-state index contributed by atoms with van der Waals surface area (Å²) in [5, 5.41) is 0.279. The topological polar surface area (TPSA) is 84.6 Å². The van der Waals surface area contributed by atoms with Crippen LogP contribution in [-0.2, 0) is 26.0 Å². The van der Waals surface area contributed by atoms with Crippen LogP contribution in [0.4, 0.5) is 4.39 Å². The van der Waals surface area contributed by atoms with Crippen molar-refractivity contribution >= 4 is 21.8 Å². The summed E-state index contributed by atoms with van der Waals surface area (Å²) in [7, 11) is -1.46. The molecule has 160 valence electrons. The van der Waals surface area contributed by atoms with Gasteiger partial charge in [0.2, 0.25) is 5.79 Å². The van der Waals surface area contributed by atoms with Crippen molar-refractivity contribution < 1.29 is 52.4 Å². The largest absolute Gasteiger partial charge is 1.00 e. The third kappa shape index (κ3) is 5.35. The van der Waals surface area contributed by atoms with Crippen LogP contribution in [0.2, 0.25) is 0 Å². The molecule has 1 aliphatic heterocycles. The van der Waals surface area contributed by atoms with E-state index in [1.54, 1.807) is 6.20 Å². The number of halogens is 1. The summed E-state index contributed by atoms with van der Waals surface area (Å²) in [6, 6.07) is 7.40. The molecular weight excluding hydrogens is 432 g/mol. The third-order valence-corrected chi connectivity index (χ3v) is 6.12. The fourth-order valence-electron chi connectivity index (χ4n) is 3.30. The predicted octanol–water partition coefficient (Wildman–Crippen LogP) is -0.00286. The van der Waals surface area contributed by atoms with Gasteiger partial charge in [-0.25, -0.2) is 4.39 Å². The molecule has 0 N–H and O–H groups in total. The predicted molar refractivity (Wildman–Crippen MR) is 110 cm³/mol. The van der Waals surface area contributed by atoms with Gasteiger partial charge in [0.1, 0.15) is 19.0 Å². The summed E-state index contributed by atoms with van der Waals surface area (Å²) in [4.78, 5) is 13.1. The number of benzene rings is 1. The van der Waals surface area contributed by atoms with Gasteiger partial charge in [-0.15, -0.1) is 0 Å². The first-order valence-electron chi connectivity index (χ1n) is 9.71. The number of aryl methyl sites for hydroxylation is 1. The summed E-state index contributed by atoms with van der Waals surface area (Å²) in [5.74, 6) is -0.664. The Morgan fingerprint density at radius 2 is 2.00 bits per heavy atom. The van der Waals surface area contributed by atoms with Gasteiger partial charge in [-0.05, 0) is 31.3 Å². The molecule has 3 aromatic rings. The molecule has 31 heavy (non-hydrogen) atoms. The van der Waals surface area contributed by atoms with E-state index in [1.807, 2.05) is 38.1 Å². The first-order chi connectivity index (χ1) is 14.5. The van der Waals surface area contributed by atoms with Crippen molar-refractivity contribution in [2.75, 3.05) is 26.5 Å². The molecule has 0 saturated carbocycles. The first kappa shape index (κ1) is 24.3. The Bertz CT molecular complexity index is 1040. The van der Waals surface area contributed by atoms with Gasteiger partial charge in [-0.2, -0.15) is 0 Å². The first-order valence-corrected chi connectivity index (χ1v) is 11.0. The Balaban J connectivity index is 0.00000272. The van der Waals surface area contributed by atoms with E-state index in [2.05, 4.69) is 15.0 Å². The number of imidazole rings is 1. The number of para-hydroxylation sites is 2. The second-order valence-electron chi connectivity index (χ2n) is 7.21. The van der Waals surface area contributed by atoms with Crippen molar-refractivity contribution in [2.45, 2.75) is 37.0 Å². The molecule has 0 spiro atoms. The van der Waals surface area contributed by atoms with Crippen molar-refractivity contribution in [3.8, 4) is 5.75 Å². The molecule has 0 amide bonds. The van der Waals surface area contributed by atoms with Crippen LogP contribution in [0.15, 0.2) is 35.6 Å². The van der Waals surface area contributed by atoms with Gasteiger partial charge in [0.05, 0.1) is 35.5 Å². The molecule has 1 fully saturated rings. The number of alkyl halides is 1. The number of rotatable bonds is 7. The Kier molecular flexibility index (Phi) is 8.23. The zero-order valence-electron chi connectivity index (χ0n) is 17.9. The normalized spacial score (nSPS) is 16.6. The van der Waals surface area contributed by atoms with E-state index in [0.717, 1.165) is 17.5 Å². The number of hydrogen-bond donors (Lipinski definition) is 0. The van der Waals surface area contributed by atoms with Gasteiger partial charge < -0.3 is 24.2 Å². The second kappa shape index (κ2) is 10.5. The van der Waals surface area contributed by atoms with E-state index in [0.29, 0.717) is 35.7 Å². The molecule has 0 radical (unpaired) electrons. The average Bonchev–Trinajstić information content (AvgIpc) is 3.21. The number of nitrogens with zero attached hydrogens (tertiary/aromatic N) is 3. The standard InChI is InChI=1S/C21H23FN3O4S.Na/c1-14-10-23-18(11-30(26)20-24-16-6-3-4-7-17(16)25-20)15(2)19(14)27-13-21(12-22)28-8-5-9-29-21;/h3-4,6-7,10H,5,8-9,11-13H2,1-2H3;/q-1;+1. The Labute approximate surface area is 204 Å². The molecule has 1 saturated heterocycles. The van der Waals surface area contributed by atoms with Gasteiger partial charge in [0.25, 0.3) is 0 Å². The molecule has 3 heterocycles. The fourth-order valence-corrected chi connectivity index (χ4v) is 4.37. The van der Waals surface area contributed by atoms with Gasteiger partial charge in [-0.1, -0.05) is 24.3 Å². The van der Waals surface area contributed by atoms with Crippen LogP contribution >= 0.6 is 0 Å². The number of pyridine rings is 1. The fraction of sp³-hybridized carbons (Fsp3) is 0.429. The quantitative estimate of drug-likeness (QED) is 0.464. The smallest absolute Gasteiger partial charge is 0.487 e. The van der Waals surface area contributed by atoms with Crippen LogP contribution in [-0.4, -0.2) is 46.5 Å². The van der Waals surface area contributed by atoms with E-state index in [-0.39, 0.29) is 47.1 Å². The van der Waals surface area contributed by atoms with Crippen LogP contribution in [0, 0.1) is 13.8 Å². The van der Waals surface area contributed by atoms with E-state index in [9.17, 15) is 8.60 Å². The van der Waals surface area contributed by atoms with Gasteiger partial charge in [0.15, 0.2) is 0 Å². The molecule has 7 nitrogen and oxygen atoms in total. The third-order valence-electron chi connectivity index (χ3n) is 4.99. The summed E-state index contributed by atoms with van der Waals surface area (Å²) < 4.78 is 43.3.